The van der Waals surface area contributed by atoms with E-state index in [1.165, 1.54) is 25.1 Å². The number of nitro groups is 1. The Balaban J connectivity index is 2.33. The molecular formula is C14H13FN2O4. The molecule has 0 saturated carbocycles. The summed E-state index contributed by atoms with van der Waals surface area (Å²) in [4.78, 5) is 22.1. The minimum Gasteiger partial charge on any atom is -0.387 e. The Morgan fingerprint density at radius 1 is 1.43 bits per heavy atom. The van der Waals surface area contributed by atoms with Crippen molar-refractivity contribution < 1.29 is 14.4 Å². The first kappa shape index (κ1) is 14.9. The van der Waals surface area contributed by atoms with Crippen LogP contribution in [0.5, 0.6) is 0 Å². The molecule has 1 aromatic heterocycles. The molecule has 6 nitrogen and oxygen atoms in total. The van der Waals surface area contributed by atoms with E-state index >= 15 is 0 Å². The average Bonchev–Trinajstić information content (AvgIpc) is 2.41. The van der Waals surface area contributed by atoms with Gasteiger partial charge in [0, 0.05) is 11.6 Å². The maximum Gasteiger partial charge on any atom is 0.288 e. The highest BCUT2D eigenvalue weighted by Crippen LogP contribution is 2.18. The summed E-state index contributed by atoms with van der Waals surface area (Å²) in [5.74, 6) is -0.506. The summed E-state index contributed by atoms with van der Waals surface area (Å²) < 4.78 is 14.1. The first-order valence-corrected chi connectivity index (χ1v) is 6.17. The molecule has 0 aliphatic carbocycles. The SMILES string of the molecule is Cc1cc(=O)n(C[C@H](O)c2cccc(F)c2)cc1[N+](=O)[O-]. The second-order valence-electron chi connectivity index (χ2n) is 4.66. The molecule has 2 aromatic rings. The molecule has 110 valence electrons. The van der Waals surface area contributed by atoms with Crippen LogP contribution < -0.4 is 5.56 Å². The second kappa shape index (κ2) is 5.84. The summed E-state index contributed by atoms with van der Waals surface area (Å²) in [5, 5.41) is 20.9. The third kappa shape index (κ3) is 3.32. The van der Waals surface area contributed by atoms with Crippen molar-refractivity contribution in [3.05, 3.63) is 73.9 Å². The minimum atomic E-state index is -1.14. The number of hydrogen-bond donors (Lipinski definition) is 1. The van der Waals surface area contributed by atoms with Crippen LogP contribution in [0.1, 0.15) is 17.2 Å². The number of pyridine rings is 1. The van der Waals surface area contributed by atoms with Gasteiger partial charge >= 0.3 is 0 Å². The van der Waals surface area contributed by atoms with Gasteiger partial charge in [-0.3, -0.25) is 14.9 Å². The van der Waals surface area contributed by atoms with Crippen LogP contribution in [0.2, 0.25) is 0 Å². The topological polar surface area (TPSA) is 85.4 Å². The van der Waals surface area contributed by atoms with E-state index in [1.807, 2.05) is 0 Å². The standard InChI is InChI=1S/C14H13FN2O4/c1-9-5-14(19)16(7-12(9)17(20)21)8-13(18)10-3-2-4-11(15)6-10/h2-7,13,18H,8H2,1H3/t13-/m0/s1. The predicted molar refractivity (Wildman–Crippen MR) is 73.5 cm³/mol. The molecule has 0 bridgehead atoms. The van der Waals surface area contributed by atoms with Crippen LogP contribution in [0.4, 0.5) is 10.1 Å². The van der Waals surface area contributed by atoms with Gasteiger partial charge in [0.05, 0.1) is 23.8 Å². The van der Waals surface area contributed by atoms with Gasteiger partial charge in [-0.15, -0.1) is 0 Å². The summed E-state index contributed by atoms with van der Waals surface area (Å²) in [7, 11) is 0. The van der Waals surface area contributed by atoms with Crippen molar-refractivity contribution in [3.63, 3.8) is 0 Å². The molecule has 21 heavy (non-hydrogen) atoms. The van der Waals surface area contributed by atoms with Gasteiger partial charge in [-0.2, -0.15) is 0 Å². The van der Waals surface area contributed by atoms with E-state index in [0.717, 1.165) is 22.9 Å². The van der Waals surface area contributed by atoms with Crippen molar-refractivity contribution in [1.82, 2.24) is 4.57 Å². The first-order chi connectivity index (χ1) is 9.88. The molecule has 0 saturated heterocycles. The van der Waals surface area contributed by atoms with Gasteiger partial charge in [-0.25, -0.2) is 4.39 Å². The summed E-state index contributed by atoms with van der Waals surface area (Å²) in [6, 6.07) is 6.48. The number of hydrogen-bond acceptors (Lipinski definition) is 4. The van der Waals surface area contributed by atoms with Gasteiger partial charge in [0.2, 0.25) is 0 Å². The van der Waals surface area contributed by atoms with E-state index in [9.17, 15) is 24.4 Å². The van der Waals surface area contributed by atoms with Gasteiger partial charge in [0.15, 0.2) is 0 Å². The normalized spacial score (nSPS) is 12.1. The lowest BCUT2D eigenvalue weighted by molar-refractivity contribution is -0.386. The summed E-state index contributed by atoms with van der Waals surface area (Å²) in [6.07, 6.45) is -0.0547. The minimum absolute atomic E-state index is 0.191. The zero-order valence-corrected chi connectivity index (χ0v) is 11.2. The highest BCUT2D eigenvalue weighted by molar-refractivity contribution is 5.35. The zero-order chi connectivity index (χ0) is 15.6. The van der Waals surface area contributed by atoms with Crippen LogP contribution in [-0.2, 0) is 6.54 Å². The molecule has 1 heterocycles. The quantitative estimate of drug-likeness (QED) is 0.689. The highest BCUT2D eigenvalue weighted by atomic mass is 19.1. The van der Waals surface area contributed by atoms with Crippen LogP contribution in [0.3, 0.4) is 0 Å². The third-order valence-electron chi connectivity index (χ3n) is 3.10. The number of aliphatic hydroxyl groups is 1. The van der Waals surface area contributed by atoms with Crippen molar-refractivity contribution in [3.8, 4) is 0 Å². The number of rotatable bonds is 4. The largest absolute Gasteiger partial charge is 0.387 e. The van der Waals surface area contributed by atoms with Gasteiger partial charge in [-0.1, -0.05) is 12.1 Å². The van der Waals surface area contributed by atoms with Crippen molar-refractivity contribution in [1.29, 1.82) is 0 Å². The fourth-order valence-electron chi connectivity index (χ4n) is 1.99. The van der Waals surface area contributed by atoms with Crippen LogP contribution in [0.15, 0.2) is 41.3 Å². The molecule has 0 spiro atoms. The van der Waals surface area contributed by atoms with E-state index in [4.69, 9.17) is 0 Å². The van der Waals surface area contributed by atoms with E-state index in [1.54, 1.807) is 0 Å². The Bertz CT molecular complexity index is 742. The molecule has 0 fully saturated rings. The van der Waals surface area contributed by atoms with Crippen molar-refractivity contribution in [2.75, 3.05) is 0 Å². The fraction of sp³-hybridized carbons (Fsp3) is 0.214. The van der Waals surface area contributed by atoms with Crippen LogP contribution in [-0.4, -0.2) is 14.6 Å². The van der Waals surface area contributed by atoms with Gasteiger partial charge in [0.25, 0.3) is 11.2 Å². The molecule has 1 atom stereocenters. The number of benzene rings is 1. The maximum atomic E-state index is 13.1. The van der Waals surface area contributed by atoms with Crippen molar-refractivity contribution in [2.45, 2.75) is 19.6 Å². The third-order valence-corrected chi connectivity index (χ3v) is 3.10. The highest BCUT2D eigenvalue weighted by Gasteiger charge is 2.16. The number of halogens is 1. The monoisotopic (exact) mass is 292 g/mol. The lowest BCUT2D eigenvalue weighted by atomic mass is 10.1. The number of aryl methyl sites for hydroxylation is 1. The van der Waals surface area contributed by atoms with Gasteiger partial charge in [-0.05, 0) is 24.6 Å². The molecule has 0 aliphatic rings. The Hall–Kier alpha value is -2.54. The number of nitrogens with zero attached hydrogens (tertiary/aromatic N) is 2. The molecule has 0 amide bonds. The lowest BCUT2D eigenvalue weighted by Gasteiger charge is -2.13. The van der Waals surface area contributed by atoms with E-state index < -0.39 is 22.4 Å². The number of aliphatic hydroxyl groups excluding tert-OH is 1. The molecule has 0 unspecified atom stereocenters. The molecule has 0 radical (unpaired) electrons. The summed E-state index contributed by atoms with van der Waals surface area (Å²) in [6.45, 7) is 1.27. The Kier molecular flexibility index (Phi) is 4.13. The van der Waals surface area contributed by atoms with Gasteiger partial charge in [0.1, 0.15) is 5.82 Å². The van der Waals surface area contributed by atoms with E-state index in [0.29, 0.717) is 5.56 Å². The predicted octanol–water partition coefficient (Wildman–Crippen LogP) is 1.94. The molecule has 1 aromatic carbocycles. The van der Waals surface area contributed by atoms with Crippen LogP contribution in [0, 0.1) is 22.9 Å². The Labute approximate surface area is 119 Å². The van der Waals surface area contributed by atoms with E-state index in [2.05, 4.69) is 0 Å². The lowest BCUT2D eigenvalue weighted by Crippen LogP contribution is -2.23. The molecule has 0 aliphatic heterocycles. The average molecular weight is 292 g/mol. The summed E-state index contributed by atoms with van der Waals surface area (Å²) >= 11 is 0. The fourth-order valence-corrected chi connectivity index (χ4v) is 1.99. The van der Waals surface area contributed by atoms with Crippen molar-refractivity contribution in [2.24, 2.45) is 0 Å². The number of aromatic nitrogens is 1. The smallest absolute Gasteiger partial charge is 0.288 e. The summed E-state index contributed by atoms with van der Waals surface area (Å²) in [5.41, 5.74) is -0.124. The van der Waals surface area contributed by atoms with E-state index in [-0.39, 0.29) is 17.8 Å². The molecule has 2 rings (SSSR count). The van der Waals surface area contributed by atoms with Crippen LogP contribution in [0.25, 0.3) is 0 Å². The first-order valence-electron chi connectivity index (χ1n) is 6.17. The Morgan fingerprint density at radius 2 is 2.14 bits per heavy atom. The maximum absolute atomic E-state index is 13.1. The second-order valence-corrected chi connectivity index (χ2v) is 4.66. The van der Waals surface area contributed by atoms with Gasteiger partial charge < -0.3 is 9.67 Å². The van der Waals surface area contributed by atoms with Crippen molar-refractivity contribution >= 4 is 5.69 Å². The molecule has 7 heteroatoms. The molecular weight excluding hydrogens is 279 g/mol. The van der Waals surface area contributed by atoms with Crippen LogP contribution >= 0.6 is 0 Å². The zero-order valence-electron chi connectivity index (χ0n) is 11.2. The Morgan fingerprint density at radius 3 is 2.76 bits per heavy atom. The molecule has 1 N–H and O–H groups in total.